The molecule has 1 aliphatic rings. The van der Waals surface area contributed by atoms with Crippen LogP contribution in [-0.4, -0.2) is 41.2 Å². The first kappa shape index (κ1) is 18.0. The van der Waals surface area contributed by atoms with Crippen molar-refractivity contribution in [2.24, 2.45) is 5.92 Å². The van der Waals surface area contributed by atoms with E-state index in [1.54, 1.807) is 12.3 Å². The summed E-state index contributed by atoms with van der Waals surface area (Å²) < 4.78 is 5.23. The molecule has 1 atom stereocenters. The van der Waals surface area contributed by atoms with Crippen LogP contribution < -0.4 is 10.2 Å². The molecule has 1 amide bonds. The lowest BCUT2D eigenvalue weighted by atomic mass is 9.98. The molecule has 0 radical (unpaired) electrons. The van der Waals surface area contributed by atoms with Gasteiger partial charge < -0.3 is 15.0 Å². The number of carbonyl (C=O) groups is 1. The van der Waals surface area contributed by atoms with Crippen molar-refractivity contribution in [2.45, 2.75) is 39.2 Å². The molecule has 0 aliphatic carbocycles. The summed E-state index contributed by atoms with van der Waals surface area (Å²) in [4.78, 5) is 28.6. The van der Waals surface area contributed by atoms with E-state index in [2.05, 4.69) is 10.3 Å². The maximum Gasteiger partial charge on any atom is 0.407 e. The van der Waals surface area contributed by atoms with Gasteiger partial charge in [-0.3, -0.25) is 10.1 Å². The second kappa shape index (κ2) is 7.46. The molecular weight excluding hydrogens is 312 g/mol. The minimum absolute atomic E-state index is 0.0123. The minimum atomic E-state index is -0.531. The van der Waals surface area contributed by atoms with Gasteiger partial charge in [0.05, 0.1) is 4.92 Å². The van der Waals surface area contributed by atoms with Gasteiger partial charge in [-0.05, 0) is 45.6 Å². The molecule has 0 unspecified atom stereocenters. The fourth-order valence-electron chi connectivity index (χ4n) is 2.74. The Morgan fingerprint density at radius 1 is 1.54 bits per heavy atom. The van der Waals surface area contributed by atoms with Crippen LogP contribution in [0.5, 0.6) is 0 Å². The van der Waals surface area contributed by atoms with Gasteiger partial charge in [0.15, 0.2) is 0 Å². The molecule has 1 aromatic rings. The van der Waals surface area contributed by atoms with E-state index in [4.69, 9.17) is 4.74 Å². The molecule has 1 N–H and O–H groups in total. The normalized spacial score (nSPS) is 18.1. The van der Waals surface area contributed by atoms with Gasteiger partial charge in [-0.2, -0.15) is 0 Å². The molecule has 0 bridgehead atoms. The number of amides is 1. The number of ether oxygens (including phenoxy) is 1. The molecule has 8 nitrogen and oxygen atoms in total. The first-order valence-corrected chi connectivity index (χ1v) is 8.07. The zero-order chi connectivity index (χ0) is 17.7. The highest BCUT2D eigenvalue weighted by atomic mass is 16.6. The Labute approximate surface area is 141 Å². The van der Waals surface area contributed by atoms with E-state index < -0.39 is 16.6 Å². The topological polar surface area (TPSA) is 97.6 Å². The Kier molecular flexibility index (Phi) is 5.58. The molecule has 24 heavy (non-hydrogen) atoms. The van der Waals surface area contributed by atoms with Gasteiger partial charge in [0.2, 0.25) is 5.82 Å². The number of anilines is 1. The first-order chi connectivity index (χ1) is 11.3. The van der Waals surface area contributed by atoms with E-state index in [9.17, 15) is 14.9 Å². The van der Waals surface area contributed by atoms with Crippen LogP contribution in [0.25, 0.3) is 0 Å². The number of rotatable bonds is 4. The maximum atomic E-state index is 11.7. The van der Waals surface area contributed by atoms with Gasteiger partial charge in [0.25, 0.3) is 0 Å². The van der Waals surface area contributed by atoms with Crippen LogP contribution in [-0.2, 0) is 4.74 Å². The van der Waals surface area contributed by atoms with Crippen LogP contribution in [0.4, 0.5) is 16.3 Å². The number of pyridine rings is 1. The second-order valence-electron chi connectivity index (χ2n) is 6.94. The highest BCUT2D eigenvalue weighted by molar-refractivity contribution is 5.67. The molecule has 8 heteroatoms. The van der Waals surface area contributed by atoms with Gasteiger partial charge in [0, 0.05) is 31.9 Å². The number of hydrogen-bond acceptors (Lipinski definition) is 6. The Hall–Kier alpha value is -2.38. The van der Waals surface area contributed by atoms with Crippen LogP contribution in [0, 0.1) is 16.0 Å². The van der Waals surface area contributed by atoms with Crippen molar-refractivity contribution >= 4 is 17.6 Å². The summed E-state index contributed by atoms with van der Waals surface area (Å²) in [6.07, 6.45) is 2.97. The van der Waals surface area contributed by atoms with Gasteiger partial charge in [-0.25, -0.2) is 9.78 Å². The Bertz CT molecular complexity index is 600. The predicted octanol–water partition coefficient (Wildman–Crippen LogP) is 2.73. The Morgan fingerprint density at radius 2 is 2.29 bits per heavy atom. The van der Waals surface area contributed by atoms with Gasteiger partial charge >= 0.3 is 11.8 Å². The van der Waals surface area contributed by atoms with Crippen molar-refractivity contribution in [1.82, 2.24) is 10.3 Å². The fourth-order valence-corrected chi connectivity index (χ4v) is 2.74. The molecule has 0 aromatic carbocycles. The molecule has 132 valence electrons. The first-order valence-electron chi connectivity index (χ1n) is 8.07. The summed E-state index contributed by atoms with van der Waals surface area (Å²) in [5.41, 5.74) is -0.518. The van der Waals surface area contributed by atoms with Crippen molar-refractivity contribution in [3.8, 4) is 0 Å². The van der Waals surface area contributed by atoms with E-state index in [1.165, 1.54) is 6.07 Å². The number of nitrogens with one attached hydrogen (secondary N) is 1. The molecule has 2 rings (SSSR count). The number of carbonyl (C=O) groups excluding carboxylic acids is 1. The largest absolute Gasteiger partial charge is 0.444 e. The lowest BCUT2D eigenvalue weighted by Crippen LogP contribution is -2.42. The number of nitrogens with zero attached hydrogens (tertiary/aromatic N) is 3. The average molecular weight is 336 g/mol. The van der Waals surface area contributed by atoms with Crippen molar-refractivity contribution < 1.29 is 14.5 Å². The molecule has 0 saturated carbocycles. The van der Waals surface area contributed by atoms with Crippen LogP contribution in [0.1, 0.15) is 33.6 Å². The second-order valence-corrected chi connectivity index (χ2v) is 6.94. The van der Waals surface area contributed by atoms with Gasteiger partial charge in [-0.15, -0.1) is 0 Å². The van der Waals surface area contributed by atoms with Crippen LogP contribution >= 0.6 is 0 Å². The number of alkyl carbamates (subject to hydrolysis) is 1. The van der Waals surface area contributed by atoms with Crippen molar-refractivity contribution in [3.63, 3.8) is 0 Å². The summed E-state index contributed by atoms with van der Waals surface area (Å²) in [5.74, 6) is 0.595. The number of nitro groups is 1. The third-order valence-corrected chi connectivity index (χ3v) is 3.72. The van der Waals surface area contributed by atoms with Crippen molar-refractivity contribution in [1.29, 1.82) is 0 Å². The third kappa shape index (κ3) is 5.07. The zero-order valence-electron chi connectivity index (χ0n) is 14.3. The van der Waals surface area contributed by atoms with Gasteiger partial charge in [-0.1, -0.05) is 0 Å². The van der Waals surface area contributed by atoms with E-state index in [0.717, 1.165) is 19.4 Å². The summed E-state index contributed by atoms with van der Waals surface area (Å²) in [6, 6.07) is 3.03. The average Bonchev–Trinajstić information content (AvgIpc) is 2.51. The summed E-state index contributed by atoms with van der Waals surface area (Å²) in [5, 5.41) is 13.9. The van der Waals surface area contributed by atoms with Crippen LogP contribution in [0.15, 0.2) is 18.3 Å². The predicted molar refractivity (Wildman–Crippen MR) is 90.1 cm³/mol. The molecule has 2 heterocycles. The summed E-state index contributed by atoms with van der Waals surface area (Å²) in [6.45, 7) is 7.26. The van der Waals surface area contributed by atoms with Gasteiger partial charge in [0.1, 0.15) is 5.60 Å². The van der Waals surface area contributed by atoms with E-state index >= 15 is 0 Å². The Balaban J connectivity index is 1.95. The zero-order valence-corrected chi connectivity index (χ0v) is 14.3. The molecule has 1 saturated heterocycles. The summed E-state index contributed by atoms with van der Waals surface area (Å²) in [7, 11) is 0. The quantitative estimate of drug-likeness (QED) is 0.670. The lowest BCUT2D eigenvalue weighted by Gasteiger charge is -2.33. The molecule has 0 spiro atoms. The highest BCUT2D eigenvalue weighted by Crippen LogP contribution is 2.28. The smallest absolute Gasteiger partial charge is 0.407 e. The molecule has 1 aromatic heterocycles. The SMILES string of the molecule is CC(C)(C)OC(=O)NC[C@H]1CCCN(c2ncccc2[N+](=O)[O-])C1. The minimum Gasteiger partial charge on any atom is -0.444 e. The number of hydrogen-bond donors (Lipinski definition) is 1. The summed E-state index contributed by atoms with van der Waals surface area (Å²) >= 11 is 0. The standard InChI is InChI=1S/C16H24N4O4/c1-16(2,3)24-15(21)18-10-12-6-5-9-19(11-12)14-13(20(22)23)7-4-8-17-14/h4,7-8,12H,5-6,9-11H2,1-3H3,(H,18,21)/t12-/m1/s1. The molecule has 1 aliphatic heterocycles. The monoisotopic (exact) mass is 336 g/mol. The fraction of sp³-hybridized carbons (Fsp3) is 0.625. The highest BCUT2D eigenvalue weighted by Gasteiger charge is 2.27. The van der Waals surface area contributed by atoms with Crippen LogP contribution in [0.2, 0.25) is 0 Å². The van der Waals surface area contributed by atoms with Crippen LogP contribution in [0.3, 0.4) is 0 Å². The van der Waals surface area contributed by atoms with Crippen molar-refractivity contribution in [3.05, 3.63) is 28.4 Å². The van der Waals surface area contributed by atoms with E-state index in [0.29, 0.717) is 18.9 Å². The third-order valence-electron chi connectivity index (χ3n) is 3.72. The molecule has 1 fully saturated rings. The lowest BCUT2D eigenvalue weighted by molar-refractivity contribution is -0.384. The van der Waals surface area contributed by atoms with Crippen molar-refractivity contribution in [2.75, 3.05) is 24.5 Å². The number of aromatic nitrogens is 1. The number of piperidine rings is 1. The maximum absolute atomic E-state index is 11.7. The Morgan fingerprint density at radius 3 is 2.96 bits per heavy atom. The van der Waals surface area contributed by atoms with E-state index in [1.807, 2.05) is 25.7 Å². The van der Waals surface area contributed by atoms with E-state index in [-0.39, 0.29) is 11.6 Å². The molecular formula is C16H24N4O4.